The summed E-state index contributed by atoms with van der Waals surface area (Å²) in [7, 11) is 0. The molecule has 1 unspecified atom stereocenters. The molecule has 31 heavy (non-hydrogen) atoms. The van der Waals surface area contributed by atoms with Crippen LogP contribution in [0.2, 0.25) is 0 Å². The maximum atomic E-state index is 12.1. The van der Waals surface area contributed by atoms with Crippen molar-refractivity contribution in [3.05, 3.63) is 94.8 Å². The third-order valence-corrected chi connectivity index (χ3v) is 5.30. The van der Waals surface area contributed by atoms with Gasteiger partial charge in [-0.3, -0.25) is 9.78 Å². The van der Waals surface area contributed by atoms with Crippen molar-refractivity contribution in [2.24, 2.45) is 0 Å². The van der Waals surface area contributed by atoms with E-state index in [1.165, 1.54) is 0 Å². The number of nitrogens with two attached hydrogens (primary N) is 1. The summed E-state index contributed by atoms with van der Waals surface area (Å²) >= 11 is 0. The van der Waals surface area contributed by atoms with Crippen LogP contribution in [0.1, 0.15) is 52.0 Å². The molecule has 2 aromatic carbocycles. The molecule has 3 aromatic rings. The summed E-state index contributed by atoms with van der Waals surface area (Å²) in [5.74, 6) is 0.0680. The molecule has 1 aliphatic carbocycles. The number of aromatic nitrogens is 1. The van der Waals surface area contributed by atoms with E-state index in [0.717, 1.165) is 46.3 Å². The van der Waals surface area contributed by atoms with Crippen LogP contribution in [-0.2, 0) is 13.0 Å². The zero-order valence-corrected chi connectivity index (χ0v) is 17.9. The van der Waals surface area contributed by atoms with Crippen LogP contribution in [0.25, 0.3) is 0 Å². The molecule has 1 aromatic heterocycles. The summed E-state index contributed by atoms with van der Waals surface area (Å²) in [6, 6.07) is 17.1. The van der Waals surface area contributed by atoms with Crippen molar-refractivity contribution >= 4 is 17.5 Å². The molecule has 1 atom stereocenters. The van der Waals surface area contributed by atoms with E-state index in [9.17, 15) is 9.59 Å². The Labute approximate surface area is 182 Å². The number of para-hydroxylation sites is 1. The van der Waals surface area contributed by atoms with Crippen molar-refractivity contribution in [3.63, 3.8) is 0 Å². The topological polar surface area (TPSA) is 97.1 Å². The van der Waals surface area contributed by atoms with E-state index in [4.69, 9.17) is 5.73 Å². The number of hydrogen-bond donors (Lipinski definition) is 3. The largest absolute Gasteiger partial charge is 0.399 e. The predicted molar refractivity (Wildman–Crippen MR) is 123 cm³/mol. The number of fused-ring (bicyclic) bond motifs is 1. The number of aryl methyl sites for hydroxylation is 2. The molecule has 1 heterocycles. The van der Waals surface area contributed by atoms with E-state index in [2.05, 4.69) is 15.6 Å². The minimum absolute atomic E-state index is 0.0000866. The first-order valence-electron chi connectivity index (χ1n) is 10.3. The number of nitrogens with one attached hydrogen (secondary N) is 2. The highest BCUT2D eigenvalue weighted by molar-refractivity contribution is 5.94. The van der Waals surface area contributed by atoms with E-state index in [1.807, 2.05) is 61.5 Å². The van der Waals surface area contributed by atoms with Crippen molar-refractivity contribution in [2.75, 3.05) is 5.73 Å². The van der Waals surface area contributed by atoms with Crippen LogP contribution in [0.5, 0.6) is 0 Å². The van der Waals surface area contributed by atoms with Crippen molar-refractivity contribution < 1.29 is 9.59 Å². The number of benzene rings is 2. The third kappa shape index (κ3) is 6.15. The highest BCUT2D eigenvalue weighted by Crippen LogP contribution is 2.31. The van der Waals surface area contributed by atoms with Gasteiger partial charge in [-0.1, -0.05) is 36.4 Å². The molecular formula is C25H28N4O2. The van der Waals surface area contributed by atoms with Crippen molar-refractivity contribution in [1.82, 2.24) is 15.6 Å². The van der Waals surface area contributed by atoms with Gasteiger partial charge in [0.2, 0.25) is 0 Å². The molecule has 0 radical (unpaired) electrons. The number of amides is 2. The lowest BCUT2D eigenvalue weighted by atomic mass is 10.0. The molecular weight excluding hydrogens is 388 g/mol. The van der Waals surface area contributed by atoms with Gasteiger partial charge in [-0.05, 0) is 67.1 Å². The summed E-state index contributed by atoms with van der Waals surface area (Å²) in [5, 5.41) is 5.84. The van der Waals surface area contributed by atoms with Crippen LogP contribution in [0.15, 0.2) is 67.0 Å². The van der Waals surface area contributed by atoms with Crippen LogP contribution in [-0.4, -0.2) is 16.8 Å². The fraction of sp³-hybridized carbons (Fsp3) is 0.240. The van der Waals surface area contributed by atoms with Gasteiger partial charge in [-0.15, -0.1) is 0 Å². The van der Waals surface area contributed by atoms with Crippen molar-refractivity contribution in [3.8, 4) is 0 Å². The third-order valence-electron chi connectivity index (χ3n) is 5.30. The van der Waals surface area contributed by atoms with Crippen LogP contribution in [0, 0.1) is 6.92 Å². The molecule has 6 heteroatoms. The standard InChI is InChI=1S/C18H19N3O2.C7H9N/c1-12(22)14-4-6-16-15(9-14)5-7-17(16)21-18(23)20-11-13-3-2-8-19-10-13;1-6-4-2-3-5-7(6)8/h2-4,6,8-10,17H,5,7,11H2,1H3,(H2,20,21,23);2-5H,8H2,1H3. The molecule has 0 saturated heterocycles. The SMILES string of the molecule is CC(=O)c1ccc2c(c1)CCC2NC(=O)NCc1cccnc1.Cc1ccccc1N. The Hall–Kier alpha value is -3.67. The fourth-order valence-electron chi connectivity index (χ4n) is 3.47. The number of carbonyl (C=O) groups excluding carboxylic acids is 2. The van der Waals surface area contributed by atoms with Crippen LogP contribution >= 0.6 is 0 Å². The Morgan fingerprint density at radius 3 is 2.58 bits per heavy atom. The van der Waals surface area contributed by atoms with E-state index in [0.29, 0.717) is 6.54 Å². The number of rotatable bonds is 4. The van der Waals surface area contributed by atoms with Crippen LogP contribution in [0.3, 0.4) is 0 Å². The fourth-order valence-corrected chi connectivity index (χ4v) is 3.47. The summed E-state index contributed by atoms with van der Waals surface area (Å²) in [5.41, 5.74) is 11.5. The zero-order chi connectivity index (χ0) is 22.2. The molecule has 4 rings (SSSR count). The number of nitrogens with zero attached hydrogens (tertiary/aromatic N) is 1. The summed E-state index contributed by atoms with van der Waals surface area (Å²) in [4.78, 5) is 27.5. The average Bonchev–Trinajstić information content (AvgIpc) is 3.17. The maximum absolute atomic E-state index is 12.1. The normalized spacial score (nSPS) is 14.1. The van der Waals surface area contributed by atoms with Gasteiger partial charge >= 0.3 is 6.03 Å². The number of urea groups is 1. The summed E-state index contributed by atoms with van der Waals surface area (Å²) < 4.78 is 0. The quantitative estimate of drug-likeness (QED) is 0.435. The van der Waals surface area contributed by atoms with Gasteiger partial charge in [-0.25, -0.2) is 4.79 Å². The number of anilines is 1. The van der Waals surface area contributed by atoms with Gasteiger partial charge in [0.25, 0.3) is 0 Å². The lowest BCUT2D eigenvalue weighted by molar-refractivity contribution is 0.101. The van der Waals surface area contributed by atoms with E-state index in [-0.39, 0.29) is 17.9 Å². The zero-order valence-electron chi connectivity index (χ0n) is 17.9. The lowest BCUT2D eigenvalue weighted by Crippen LogP contribution is -2.36. The van der Waals surface area contributed by atoms with E-state index >= 15 is 0 Å². The lowest BCUT2D eigenvalue weighted by Gasteiger charge is -2.15. The first kappa shape index (κ1) is 22.0. The molecule has 160 valence electrons. The summed E-state index contributed by atoms with van der Waals surface area (Å²) in [6.07, 6.45) is 5.17. The molecule has 0 saturated carbocycles. The van der Waals surface area contributed by atoms with E-state index in [1.54, 1.807) is 19.3 Å². The minimum Gasteiger partial charge on any atom is -0.399 e. The number of carbonyl (C=O) groups is 2. The molecule has 1 aliphatic rings. The van der Waals surface area contributed by atoms with Gasteiger partial charge in [-0.2, -0.15) is 0 Å². The number of hydrogen-bond acceptors (Lipinski definition) is 4. The predicted octanol–water partition coefficient (Wildman–Crippen LogP) is 4.35. The Bertz CT molecular complexity index is 1030. The Balaban J connectivity index is 0.000000287. The highest BCUT2D eigenvalue weighted by Gasteiger charge is 2.24. The van der Waals surface area contributed by atoms with Crippen LogP contribution < -0.4 is 16.4 Å². The number of Topliss-reactive ketones (excluding diaryl/α,β-unsaturated/α-hetero) is 1. The van der Waals surface area contributed by atoms with Gasteiger partial charge in [0.05, 0.1) is 6.04 Å². The van der Waals surface area contributed by atoms with Crippen molar-refractivity contribution in [2.45, 2.75) is 39.3 Å². The highest BCUT2D eigenvalue weighted by atomic mass is 16.2. The second kappa shape index (κ2) is 10.4. The first-order chi connectivity index (χ1) is 14.9. The number of pyridine rings is 1. The monoisotopic (exact) mass is 416 g/mol. The Morgan fingerprint density at radius 1 is 1.13 bits per heavy atom. The Morgan fingerprint density at radius 2 is 1.94 bits per heavy atom. The molecule has 4 N–H and O–H groups in total. The number of ketones is 1. The molecule has 0 spiro atoms. The second-order valence-corrected chi connectivity index (χ2v) is 7.61. The smallest absolute Gasteiger partial charge is 0.315 e. The van der Waals surface area contributed by atoms with Gasteiger partial charge < -0.3 is 16.4 Å². The molecule has 6 nitrogen and oxygen atoms in total. The molecule has 0 aliphatic heterocycles. The van der Waals surface area contributed by atoms with Gasteiger partial charge in [0.1, 0.15) is 0 Å². The molecule has 0 bridgehead atoms. The van der Waals surface area contributed by atoms with Crippen molar-refractivity contribution in [1.29, 1.82) is 0 Å². The second-order valence-electron chi connectivity index (χ2n) is 7.61. The molecule has 2 amide bonds. The average molecular weight is 417 g/mol. The van der Waals surface area contributed by atoms with Gasteiger partial charge in [0.15, 0.2) is 5.78 Å². The first-order valence-corrected chi connectivity index (χ1v) is 10.3. The summed E-state index contributed by atoms with van der Waals surface area (Å²) in [6.45, 7) is 4.01. The maximum Gasteiger partial charge on any atom is 0.315 e. The van der Waals surface area contributed by atoms with Gasteiger partial charge in [0, 0.05) is 30.2 Å². The molecule has 0 fully saturated rings. The van der Waals surface area contributed by atoms with E-state index < -0.39 is 0 Å². The minimum atomic E-state index is -0.192. The number of nitrogen functional groups attached to an aromatic ring is 1. The Kier molecular flexibility index (Phi) is 7.38. The van der Waals surface area contributed by atoms with Crippen LogP contribution in [0.4, 0.5) is 10.5 Å².